The van der Waals surface area contributed by atoms with Gasteiger partial charge in [0.1, 0.15) is 5.82 Å². The van der Waals surface area contributed by atoms with E-state index in [4.69, 9.17) is 11.6 Å². The second-order valence-corrected chi connectivity index (χ2v) is 5.64. The molecular formula is C9H15ClN4S. The van der Waals surface area contributed by atoms with Crippen LogP contribution < -0.4 is 5.32 Å². The molecule has 0 aliphatic carbocycles. The molecule has 0 bridgehead atoms. The van der Waals surface area contributed by atoms with Gasteiger partial charge in [-0.1, -0.05) is 0 Å². The summed E-state index contributed by atoms with van der Waals surface area (Å²) in [4.78, 5) is 12.0. The molecule has 4 nitrogen and oxygen atoms in total. The molecule has 0 saturated carbocycles. The number of nitrogens with zero attached hydrogens (tertiary/aromatic N) is 3. The molecule has 1 heterocycles. The van der Waals surface area contributed by atoms with E-state index in [0.717, 1.165) is 6.54 Å². The van der Waals surface area contributed by atoms with Crippen LogP contribution in [0.3, 0.4) is 0 Å². The van der Waals surface area contributed by atoms with Gasteiger partial charge < -0.3 is 5.32 Å². The van der Waals surface area contributed by atoms with Crippen molar-refractivity contribution in [3.05, 3.63) is 11.1 Å². The molecule has 1 aromatic heterocycles. The second kappa shape index (κ2) is 4.99. The van der Waals surface area contributed by atoms with Gasteiger partial charge >= 0.3 is 0 Å². The largest absolute Gasteiger partial charge is 0.353 e. The van der Waals surface area contributed by atoms with Crippen LogP contribution >= 0.6 is 23.4 Å². The van der Waals surface area contributed by atoms with Gasteiger partial charge in [-0.25, -0.2) is 4.98 Å². The van der Waals surface area contributed by atoms with Crippen molar-refractivity contribution in [2.45, 2.75) is 25.5 Å². The highest BCUT2D eigenvalue weighted by molar-refractivity contribution is 7.99. The highest BCUT2D eigenvalue weighted by atomic mass is 35.5. The van der Waals surface area contributed by atoms with Crippen LogP contribution in [0.4, 0.5) is 5.95 Å². The van der Waals surface area contributed by atoms with Crippen LogP contribution in [-0.4, -0.2) is 32.5 Å². The third kappa shape index (κ3) is 4.22. The van der Waals surface area contributed by atoms with E-state index in [0.29, 0.717) is 11.8 Å². The summed E-state index contributed by atoms with van der Waals surface area (Å²) < 4.78 is 0.146. The monoisotopic (exact) mass is 246 g/mol. The zero-order chi connectivity index (χ0) is 11.5. The number of aryl methyl sites for hydroxylation is 1. The number of anilines is 1. The molecule has 0 spiro atoms. The van der Waals surface area contributed by atoms with Crippen LogP contribution in [0, 0.1) is 6.92 Å². The maximum atomic E-state index is 5.73. The predicted molar refractivity (Wildman–Crippen MR) is 65.7 cm³/mol. The van der Waals surface area contributed by atoms with Crippen molar-refractivity contribution in [3.63, 3.8) is 0 Å². The zero-order valence-electron chi connectivity index (χ0n) is 9.33. The first-order valence-electron chi connectivity index (χ1n) is 4.60. The fraction of sp³-hybridized carbons (Fsp3) is 0.667. The highest BCUT2D eigenvalue weighted by Crippen LogP contribution is 2.21. The van der Waals surface area contributed by atoms with Crippen LogP contribution in [0.15, 0.2) is 0 Å². The summed E-state index contributed by atoms with van der Waals surface area (Å²) in [6.07, 6.45) is 2.08. The van der Waals surface area contributed by atoms with Gasteiger partial charge in [0.05, 0.1) is 0 Å². The average molecular weight is 247 g/mol. The molecule has 0 aliphatic rings. The maximum Gasteiger partial charge on any atom is 0.227 e. The molecule has 0 amide bonds. The maximum absolute atomic E-state index is 5.73. The zero-order valence-corrected chi connectivity index (χ0v) is 10.9. The molecule has 84 valence electrons. The first kappa shape index (κ1) is 12.5. The fourth-order valence-corrected chi connectivity index (χ4v) is 1.31. The Morgan fingerprint density at radius 1 is 1.33 bits per heavy atom. The number of hydrogen-bond acceptors (Lipinski definition) is 5. The summed E-state index contributed by atoms with van der Waals surface area (Å²) in [5.74, 6) is 1.16. The molecule has 0 aliphatic heterocycles. The fourth-order valence-electron chi connectivity index (χ4n) is 0.892. The molecule has 1 rings (SSSR count). The van der Waals surface area contributed by atoms with Crippen LogP contribution in [0.2, 0.25) is 5.28 Å². The third-order valence-corrected chi connectivity index (χ3v) is 3.36. The van der Waals surface area contributed by atoms with E-state index < -0.39 is 0 Å². The van der Waals surface area contributed by atoms with Gasteiger partial charge in [-0.05, 0) is 38.6 Å². The molecule has 0 aromatic carbocycles. The SMILES string of the molecule is CSC(C)(C)CNc1nc(C)nc(Cl)n1. The predicted octanol–water partition coefficient (Wildman–Crippen LogP) is 2.39. The van der Waals surface area contributed by atoms with Gasteiger partial charge in [0.25, 0.3) is 0 Å². The van der Waals surface area contributed by atoms with Gasteiger partial charge in [0.2, 0.25) is 11.2 Å². The molecule has 0 unspecified atom stereocenters. The molecule has 1 N–H and O–H groups in total. The van der Waals surface area contributed by atoms with E-state index in [2.05, 4.69) is 40.4 Å². The summed E-state index contributed by atoms with van der Waals surface area (Å²) in [6.45, 7) is 6.88. The van der Waals surface area contributed by atoms with Crippen molar-refractivity contribution in [1.29, 1.82) is 0 Å². The number of thioether (sulfide) groups is 1. The summed E-state index contributed by atoms with van der Waals surface area (Å²) >= 11 is 7.51. The molecular weight excluding hydrogens is 232 g/mol. The first-order valence-corrected chi connectivity index (χ1v) is 6.20. The number of hydrogen-bond donors (Lipinski definition) is 1. The summed E-state index contributed by atoms with van der Waals surface area (Å²) in [5.41, 5.74) is 0. The number of nitrogens with one attached hydrogen (secondary N) is 1. The van der Waals surface area contributed by atoms with Crippen LogP contribution in [0.5, 0.6) is 0 Å². The molecule has 0 radical (unpaired) electrons. The van der Waals surface area contributed by atoms with E-state index >= 15 is 0 Å². The quantitative estimate of drug-likeness (QED) is 0.884. The second-order valence-electron chi connectivity index (χ2n) is 3.79. The first-order chi connectivity index (χ1) is 6.93. The van der Waals surface area contributed by atoms with Crippen molar-refractivity contribution < 1.29 is 0 Å². The van der Waals surface area contributed by atoms with Crippen molar-refractivity contribution >= 4 is 29.3 Å². The summed E-state index contributed by atoms with van der Waals surface area (Å²) in [7, 11) is 0. The molecule has 0 atom stereocenters. The van der Waals surface area contributed by atoms with E-state index in [9.17, 15) is 0 Å². The van der Waals surface area contributed by atoms with Crippen molar-refractivity contribution in [1.82, 2.24) is 15.0 Å². The minimum absolute atomic E-state index is 0.146. The minimum Gasteiger partial charge on any atom is -0.353 e. The van der Waals surface area contributed by atoms with Gasteiger partial charge in [0, 0.05) is 11.3 Å². The summed E-state index contributed by atoms with van der Waals surface area (Å²) in [5, 5.41) is 3.38. The van der Waals surface area contributed by atoms with Crippen LogP contribution in [0.25, 0.3) is 0 Å². The topological polar surface area (TPSA) is 50.7 Å². The van der Waals surface area contributed by atoms with Crippen LogP contribution in [-0.2, 0) is 0 Å². The normalized spacial score (nSPS) is 11.5. The Morgan fingerprint density at radius 2 is 2.00 bits per heavy atom. The molecule has 6 heteroatoms. The molecule has 0 saturated heterocycles. The Labute approximate surface area is 99.3 Å². The summed E-state index contributed by atoms with van der Waals surface area (Å²) in [6, 6.07) is 0. The Bertz CT molecular complexity index is 323. The number of halogens is 1. The van der Waals surface area contributed by atoms with E-state index in [-0.39, 0.29) is 10.0 Å². The van der Waals surface area contributed by atoms with Gasteiger partial charge in [0.15, 0.2) is 0 Å². The van der Waals surface area contributed by atoms with Crippen LogP contribution in [0.1, 0.15) is 19.7 Å². The number of aromatic nitrogens is 3. The standard InChI is InChI=1S/C9H15ClN4S/c1-6-12-7(10)14-8(13-6)11-5-9(2,3)15-4/h5H2,1-4H3,(H,11,12,13,14). The van der Waals surface area contributed by atoms with Crippen molar-refractivity contribution in [2.75, 3.05) is 18.1 Å². The third-order valence-electron chi connectivity index (χ3n) is 1.94. The highest BCUT2D eigenvalue weighted by Gasteiger charge is 2.16. The lowest BCUT2D eigenvalue weighted by Gasteiger charge is -2.22. The van der Waals surface area contributed by atoms with Gasteiger partial charge in [-0.3, -0.25) is 0 Å². The number of rotatable bonds is 4. The lowest BCUT2D eigenvalue weighted by atomic mass is 10.2. The lowest BCUT2D eigenvalue weighted by molar-refractivity contribution is 0.744. The van der Waals surface area contributed by atoms with Crippen molar-refractivity contribution in [2.24, 2.45) is 0 Å². The molecule has 15 heavy (non-hydrogen) atoms. The Balaban J connectivity index is 2.65. The lowest BCUT2D eigenvalue weighted by Crippen LogP contribution is -2.26. The Kier molecular flexibility index (Phi) is 4.16. The van der Waals surface area contributed by atoms with Gasteiger partial charge in [-0.15, -0.1) is 0 Å². The Morgan fingerprint density at radius 3 is 2.53 bits per heavy atom. The Hall–Kier alpha value is -0.550. The van der Waals surface area contributed by atoms with Crippen molar-refractivity contribution in [3.8, 4) is 0 Å². The average Bonchev–Trinajstić information content (AvgIpc) is 2.14. The molecule has 1 aromatic rings. The van der Waals surface area contributed by atoms with E-state index in [1.807, 2.05) is 0 Å². The smallest absolute Gasteiger partial charge is 0.227 e. The molecule has 0 fully saturated rings. The van der Waals surface area contributed by atoms with E-state index in [1.165, 1.54) is 0 Å². The van der Waals surface area contributed by atoms with Gasteiger partial charge in [-0.2, -0.15) is 21.7 Å². The van der Waals surface area contributed by atoms with E-state index in [1.54, 1.807) is 18.7 Å². The minimum atomic E-state index is 0.146.